The maximum atomic E-state index is 11.1. The van der Waals surface area contributed by atoms with Gasteiger partial charge in [-0.05, 0) is 30.9 Å². The molecule has 1 N–H and O–H groups in total. The van der Waals surface area contributed by atoms with E-state index in [0.29, 0.717) is 24.5 Å². The van der Waals surface area contributed by atoms with Gasteiger partial charge in [0, 0.05) is 18.7 Å². The maximum Gasteiger partial charge on any atom is 0.306 e. The van der Waals surface area contributed by atoms with Crippen LogP contribution in [0.25, 0.3) is 0 Å². The highest BCUT2D eigenvalue weighted by Crippen LogP contribution is 2.21. The molecule has 0 bridgehead atoms. The Kier molecular flexibility index (Phi) is 6.01. The van der Waals surface area contributed by atoms with Crippen LogP contribution in [0, 0.1) is 5.92 Å². The number of hydrogen-bond donors (Lipinski definition) is 1. The van der Waals surface area contributed by atoms with Crippen LogP contribution in [-0.4, -0.2) is 24.8 Å². The van der Waals surface area contributed by atoms with Gasteiger partial charge in [-0.25, -0.2) is 0 Å². The van der Waals surface area contributed by atoms with Gasteiger partial charge in [0.15, 0.2) is 0 Å². The Bertz CT molecular complexity index is 365. The fourth-order valence-electron chi connectivity index (χ4n) is 1.72. The van der Waals surface area contributed by atoms with E-state index >= 15 is 0 Å². The second-order valence-corrected chi connectivity index (χ2v) is 4.37. The Labute approximate surface area is 106 Å². The number of ether oxygens (including phenoxy) is 1. The lowest BCUT2D eigenvalue weighted by molar-refractivity contribution is -0.142. The van der Waals surface area contributed by atoms with E-state index in [2.05, 4.69) is 0 Å². The molecule has 1 atom stereocenters. The molecule has 1 unspecified atom stereocenters. The van der Waals surface area contributed by atoms with E-state index in [1.165, 1.54) is 0 Å². The number of rotatable bonds is 7. The summed E-state index contributed by atoms with van der Waals surface area (Å²) in [4.78, 5) is 11.1. The average Bonchev–Trinajstić information content (AvgIpc) is 2.30. The number of carbonyl (C=O) groups is 1. The van der Waals surface area contributed by atoms with Crippen molar-refractivity contribution in [1.82, 2.24) is 0 Å². The van der Waals surface area contributed by atoms with Crippen LogP contribution in [-0.2, 0) is 16.0 Å². The van der Waals surface area contributed by atoms with Crippen LogP contribution in [0.1, 0.15) is 18.4 Å². The molecule has 17 heavy (non-hydrogen) atoms. The summed E-state index contributed by atoms with van der Waals surface area (Å²) in [6.07, 6.45) is 1.82. The van der Waals surface area contributed by atoms with Crippen LogP contribution in [0.4, 0.5) is 0 Å². The molecule has 0 aliphatic rings. The number of benzene rings is 1. The van der Waals surface area contributed by atoms with Crippen molar-refractivity contribution < 1.29 is 14.6 Å². The van der Waals surface area contributed by atoms with E-state index in [4.69, 9.17) is 21.4 Å². The average molecular weight is 257 g/mol. The molecule has 3 nitrogen and oxygen atoms in total. The summed E-state index contributed by atoms with van der Waals surface area (Å²) in [6, 6.07) is 7.36. The van der Waals surface area contributed by atoms with Gasteiger partial charge in [-0.3, -0.25) is 4.79 Å². The van der Waals surface area contributed by atoms with Crippen LogP contribution < -0.4 is 0 Å². The molecule has 0 radical (unpaired) electrons. The van der Waals surface area contributed by atoms with Crippen LogP contribution in [0.3, 0.4) is 0 Å². The summed E-state index contributed by atoms with van der Waals surface area (Å²) in [7, 11) is 1.61. The molecule has 0 spiro atoms. The van der Waals surface area contributed by atoms with Gasteiger partial charge < -0.3 is 9.84 Å². The second kappa shape index (κ2) is 7.30. The summed E-state index contributed by atoms with van der Waals surface area (Å²) in [6.45, 7) is 0.590. The number of carboxylic acid groups (broad SMARTS) is 1. The third-order valence-electron chi connectivity index (χ3n) is 2.67. The standard InChI is InChI=1S/C13H17ClO3/c1-17-8-4-6-11(13(15)16)9-10-5-2-3-7-12(10)14/h2-3,5,7,11H,4,6,8-9H2,1H3,(H,15,16). The fourth-order valence-corrected chi connectivity index (χ4v) is 1.93. The molecule has 1 aromatic carbocycles. The first-order chi connectivity index (χ1) is 8.15. The van der Waals surface area contributed by atoms with Gasteiger partial charge in [0.05, 0.1) is 5.92 Å². The van der Waals surface area contributed by atoms with E-state index in [1.54, 1.807) is 13.2 Å². The Morgan fingerprint density at radius 1 is 1.47 bits per heavy atom. The molecule has 0 saturated heterocycles. The Balaban J connectivity index is 2.61. The molecule has 0 aromatic heterocycles. The SMILES string of the molecule is COCCCC(Cc1ccccc1Cl)C(=O)O. The van der Waals surface area contributed by atoms with E-state index in [-0.39, 0.29) is 0 Å². The third kappa shape index (κ3) is 4.75. The topological polar surface area (TPSA) is 46.5 Å². The van der Waals surface area contributed by atoms with Gasteiger partial charge in [-0.2, -0.15) is 0 Å². The van der Waals surface area contributed by atoms with Crippen molar-refractivity contribution >= 4 is 17.6 Å². The molecule has 1 aromatic rings. The molecule has 0 heterocycles. The normalized spacial score (nSPS) is 12.4. The Morgan fingerprint density at radius 3 is 2.76 bits per heavy atom. The minimum Gasteiger partial charge on any atom is -0.481 e. The van der Waals surface area contributed by atoms with Crippen molar-refractivity contribution in [2.45, 2.75) is 19.3 Å². The van der Waals surface area contributed by atoms with Gasteiger partial charge in [0.1, 0.15) is 0 Å². The van der Waals surface area contributed by atoms with Gasteiger partial charge in [-0.1, -0.05) is 29.8 Å². The molecule has 4 heteroatoms. The number of hydrogen-bond acceptors (Lipinski definition) is 2. The van der Waals surface area contributed by atoms with Gasteiger partial charge in [0.25, 0.3) is 0 Å². The van der Waals surface area contributed by atoms with Gasteiger partial charge in [-0.15, -0.1) is 0 Å². The van der Waals surface area contributed by atoms with E-state index < -0.39 is 11.9 Å². The first-order valence-electron chi connectivity index (χ1n) is 5.60. The molecule has 0 saturated carbocycles. The number of methoxy groups -OCH3 is 1. The zero-order valence-corrected chi connectivity index (χ0v) is 10.6. The van der Waals surface area contributed by atoms with Crippen molar-refractivity contribution in [2.75, 3.05) is 13.7 Å². The minimum atomic E-state index is -0.777. The van der Waals surface area contributed by atoms with Crippen molar-refractivity contribution in [2.24, 2.45) is 5.92 Å². The molecular formula is C13H17ClO3. The third-order valence-corrected chi connectivity index (χ3v) is 3.04. The van der Waals surface area contributed by atoms with E-state index in [9.17, 15) is 4.79 Å². The highest BCUT2D eigenvalue weighted by molar-refractivity contribution is 6.31. The summed E-state index contributed by atoms with van der Waals surface area (Å²) in [5.41, 5.74) is 0.888. The summed E-state index contributed by atoms with van der Waals surface area (Å²) in [5.74, 6) is -1.17. The first kappa shape index (κ1) is 14.0. The monoisotopic (exact) mass is 256 g/mol. The molecule has 0 fully saturated rings. The number of aliphatic carboxylic acids is 1. The van der Waals surface area contributed by atoms with Crippen molar-refractivity contribution in [3.8, 4) is 0 Å². The lowest BCUT2D eigenvalue weighted by Crippen LogP contribution is -2.17. The predicted octanol–water partition coefficient (Wildman–Crippen LogP) is 3.01. The molecule has 94 valence electrons. The van der Waals surface area contributed by atoms with E-state index in [1.807, 2.05) is 18.2 Å². The lowest BCUT2D eigenvalue weighted by Gasteiger charge is -2.13. The molecule has 1 rings (SSSR count). The van der Waals surface area contributed by atoms with Gasteiger partial charge >= 0.3 is 5.97 Å². The zero-order valence-electron chi connectivity index (χ0n) is 9.86. The van der Waals surface area contributed by atoms with Crippen molar-refractivity contribution in [1.29, 1.82) is 0 Å². The zero-order chi connectivity index (χ0) is 12.7. The smallest absolute Gasteiger partial charge is 0.306 e. The van der Waals surface area contributed by atoms with Crippen LogP contribution in [0.15, 0.2) is 24.3 Å². The summed E-state index contributed by atoms with van der Waals surface area (Å²) < 4.78 is 4.93. The predicted molar refractivity (Wildman–Crippen MR) is 67.4 cm³/mol. The van der Waals surface area contributed by atoms with Crippen LogP contribution in [0.2, 0.25) is 5.02 Å². The highest BCUT2D eigenvalue weighted by atomic mass is 35.5. The van der Waals surface area contributed by atoms with Gasteiger partial charge in [0.2, 0.25) is 0 Å². The molecular weight excluding hydrogens is 240 g/mol. The lowest BCUT2D eigenvalue weighted by atomic mass is 9.95. The first-order valence-corrected chi connectivity index (χ1v) is 5.98. The number of carboxylic acids is 1. The van der Waals surface area contributed by atoms with Crippen LogP contribution in [0.5, 0.6) is 0 Å². The second-order valence-electron chi connectivity index (χ2n) is 3.97. The molecule has 0 amide bonds. The highest BCUT2D eigenvalue weighted by Gasteiger charge is 2.18. The molecule has 0 aliphatic heterocycles. The van der Waals surface area contributed by atoms with Crippen molar-refractivity contribution in [3.63, 3.8) is 0 Å². The summed E-state index contributed by atoms with van der Waals surface area (Å²) >= 11 is 6.02. The minimum absolute atomic E-state index is 0.398. The summed E-state index contributed by atoms with van der Waals surface area (Å²) in [5, 5.41) is 9.77. The largest absolute Gasteiger partial charge is 0.481 e. The Morgan fingerprint density at radius 2 is 2.18 bits per heavy atom. The molecule has 0 aliphatic carbocycles. The fraction of sp³-hybridized carbons (Fsp3) is 0.462. The van der Waals surface area contributed by atoms with Crippen LogP contribution >= 0.6 is 11.6 Å². The maximum absolute atomic E-state index is 11.1. The quantitative estimate of drug-likeness (QED) is 0.763. The van der Waals surface area contributed by atoms with E-state index in [0.717, 1.165) is 12.0 Å². The van der Waals surface area contributed by atoms with Crippen molar-refractivity contribution in [3.05, 3.63) is 34.9 Å². The Hall–Kier alpha value is -1.06. The number of halogens is 1.